The van der Waals surface area contributed by atoms with Gasteiger partial charge in [0.2, 0.25) is 5.91 Å². The molecule has 2 unspecified atom stereocenters. The third-order valence-electron chi connectivity index (χ3n) is 6.49. The maximum absolute atomic E-state index is 11.9. The quantitative estimate of drug-likeness (QED) is 0.133. The summed E-state index contributed by atoms with van der Waals surface area (Å²) in [6, 6.07) is 0. The Kier molecular flexibility index (Phi) is 19.6. The van der Waals surface area contributed by atoms with Crippen LogP contribution in [-0.2, 0) is 14.9 Å². The SMILES string of the molecule is CCCCCCCCCCCCCCCCCCCCC(C(=O)NC)C(C)S(=O)(=O)O. The van der Waals surface area contributed by atoms with Crippen LogP contribution in [0.5, 0.6) is 0 Å². The van der Waals surface area contributed by atoms with Crippen LogP contribution in [0.2, 0.25) is 0 Å². The van der Waals surface area contributed by atoms with Crippen molar-refractivity contribution in [1.82, 2.24) is 5.32 Å². The van der Waals surface area contributed by atoms with E-state index >= 15 is 0 Å². The number of unbranched alkanes of at least 4 members (excludes halogenated alkanes) is 17. The van der Waals surface area contributed by atoms with Gasteiger partial charge in [-0.1, -0.05) is 122 Å². The first-order valence-electron chi connectivity index (χ1n) is 13.0. The highest BCUT2D eigenvalue weighted by Crippen LogP contribution is 2.20. The molecule has 6 heteroatoms. The van der Waals surface area contributed by atoms with Gasteiger partial charge in [-0.25, -0.2) is 0 Å². The number of carbonyl (C=O) groups excluding carboxylic acids is 1. The van der Waals surface area contributed by atoms with E-state index in [4.69, 9.17) is 0 Å². The van der Waals surface area contributed by atoms with Crippen molar-refractivity contribution in [2.24, 2.45) is 5.92 Å². The number of hydrogen-bond donors (Lipinski definition) is 2. The molecule has 0 rings (SSSR count). The Hall–Kier alpha value is -0.620. The molecule has 1 amide bonds. The minimum Gasteiger partial charge on any atom is -0.359 e. The largest absolute Gasteiger partial charge is 0.359 e. The Balaban J connectivity index is 3.52. The normalized spacial score (nSPS) is 13.8. The zero-order chi connectivity index (χ0) is 23.4. The molecule has 2 N–H and O–H groups in total. The van der Waals surface area contributed by atoms with Crippen molar-refractivity contribution in [2.75, 3.05) is 7.05 Å². The Morgan fingerprint density at radius 1 is 0.710 bits per heavy atom. The summed E-state index contributed by atoms with van der Waals surface area (Å²) in [6.45, 7) is 3.68. The summed E-state index contributed by atoms with van der Waals surface area (Å²) in [4.78, 5) is 11.9. The van der Waals surface area contributed by atoms with Crippen LogP contribution in [0, 0.1) is 5.92 Å². The van der Waals surface area contributed by atoms with Crippen LogP contribution >= 0.6 is 0 Å². The number of amides is 1. The fraction of sp³-hybridized carbons (Fsp3) is 0.960. The lowest BCUT2D eigenvalue weighted by Gasteiger charge is -2.20. The molecular formula is C25H51NO4S. The molecule has 186 valence electrons. The van der Waals surface area contributed by atoms with E-state index in [9.17, 15) is 17.8 Å². The van der Waals surface area contributed by atoms with Crippen molar-refractivity contribution in [1.29, 1.82) is 0 Å². The predicted octanol–water partition coefficient (Wildman–Crippen LogP) is 7.06. The lowest BCUT2D eigenvalue weighted by atomic mass is 9.96. The molecule has 0 aromatic rings. The molecule has 0 spiro atoms. The van der Waals surface area contributed by atoms with Crippen molar-refractivity contribution in [3.63, 3.8) is 0 Å². The Morgan fingerprint density at radius 3 is 1.32 bits per heavy atom. The van der Waals surface area contributed by atoms with Gasteiger partial charge in [0.25, 0.3) is 10.1 Å². The second-order valence-electron chi connectivity index (χ2n) is 9.24. The van der Waals surface area contributed by atoms with E-state index in [1.807, 2.05) is 0 Å². The number of hydrogen-bond acceptors (Lipinski definition) is 3. The molecule has 0 bridgehead atoms. The summed E-state index contributed by atoms with van der Waals surface area (Å²) in [5, 5.41) is 1.46. The first-order valence-corrected chi connectivity index (χ1v) is 14.5. The van der Waals surface area contributed by atoms with E-state index < -0.39 is 21.3 Å². The van der Waals surface area contributed by atoms with Gasteiger partial charge in [0.05, 0.1) is 11.2 Å². The van der Waals surface area contributed by atoms with Gasteiger partial charge in [0.15, 0.2) is 0 Å². The third-order valence-corrected chi connectivity index (χ3v) is 7.76. The van der Waals surface area contributed by atoms with Crippen molar-refractivity contribution in [3.8, 4) is 0 Å². The molecule has 0 heterocycles. The molecule has 31 heavy (non-hydrogen) atoms. The minimum atomic E-state index is -4.19. The molecule has 0 aliphatic carbocycles. The van der Waals surface area contributed by atoms with E-state index in [0.29, 0.717) is 6.42 Å². The van der Waals surface area contributed by atoms with Crippen LogP contribution in [0.4, 0.5) is 0 Å². The van der Waals surface area contributed by atoms with Crippen LogP contribution in [0.1, 0.15) is 136 Å². The monoisotopic (exact) mass is 461 g/mol. The van der Waals surface area contributed by atoms with E-state index in [0.717, 1.165) is 19.3 Å². The maximum Gasteiger partial charge on any atom is 0.268 e. The standard InChI is InChI=1S/C25H51NO4S/c1-4-5-6-7-8-9-10-11-12-13-14-15-16-17-18-19-20-21-22-24(25(27)26-3)23(2)31(28,29)30/h23-24H,4-22H2,1-3H3,(H,26,27)(H,28,29,30). The van der Waals surface area contributed by atoms with Crippen LogP contribution in [0.15, 0.2) is 0 Å². The van der Waals surface area contributed by atoms with Crippen molar-refractivity contribution in [3.05, 3.63) is 0 Å². The summed E-state index contributed by atoms with van der Waals surface area (Å²) in [5.74, 6) is -0.988. The molecule has 0 aromatic carbocycles. The number of carbonyl (C=O) groups is 1. The van der Waals surface area contributed by atoms with Gasteiger partial charge in [-0.05, 0) is 13.3 Å². The number of nitrogens with one attached hydrogen (secondary N) is 1. The van der Waals surface area contributed by atoms with Crippen LogP contribution in [0.3, 0.4) is 0 Å². The Morgan fingerprint density at radius 2 is 1.03 bits per heavy atom. The summed E-state index contributed by atoms with van der Waals surface area (Å²) >= 11 is 0. The Bertz CT molecular complexity index is 522. The summed E-state index contributed by atoms with van der Waals surface area (Å²) in [5.41, 5.74) is 0. The molecule has 0 saturated carbocycles. The van der Waals surface area contributed by atoms with Gasteiger partial charge in [0.1, 0.15) is 0 Å². The van der Waals surface area contributed by atoms with E-state index in [1.54, 1.807) is 0 Å². The zero-order valence-corrected chi connectivity index (χ0v) is 21.5. The molecule has 0 aromatic heterocycles. The van der Waals surface area contributed by atoms with Crippen molar-refractivity contribution < 1.29 is 17.8 Å². The predicted molar refractivity (Wildman–Crippen MR) is 132 cm³/mol. The molecule has 0 aliphatic rings. The second-order valence-corrected chi connectivity index (χ2v) is 11.0. The highest BCUT2D eigenvalue weighted by atomic mass is 32.2. The van der Waals surface area contributed by atoms with Gasteiger partial charge in [0, 0.05) is 7.05 Å². The molecule has 0 saturated heterocycles. The highest BCUT2D eigenvalue weighted by Gasteiger charge is 2.32. The average Bonchev–Trinajstić information content (AvgIpc) is 2.74. The first-order chi connectivity index (χ1) is 14.8. The van der Waals surface area contributed by atoms with Crippen molar-refractivity contribution in [2.45, 2.75) is 141 Å². The van der Waals surface area contributed by atoms with Crippen LogP contribution < -0.4 is 5.32 Å². The van der Waals surface area contributed by atoms with Gasteiger partial charge >= 0.3 is 0 Å². The van der Waals surface area contributed by atoms with Crippen LogP contribution in [-0.4, -0.2) is 31.2 Å². The molecule has 0 fully saturated rings. The van der Waals surface area contributed by atoms with Crippen molar-refractivity contribution >= 4 is 16.0 Å². The lowest BCUT2D eigenvalue weighted by molar-refractivity contribution is -0.124. The smallest absolute Gasteiger partial charge is 0.268 e. The zero-order valence-electron chi connectivity index (χ0n) is 20.7. The first kappa shape index (κ1) is 30.4. The van der Waals surface area contributed by atoms with E-state index in [2.05, 4.69) is 12.2 Å². The topological polar surface area (TPSA) is 83.5 Å². The minimum absolute atomic E-state index is 0.308. The van der Waals surface area contributed by atoms with E-state index in [1.165, 1.54) is 110 Å². The number of rotatable bonds is 22. The lowest BCUT2D eigenvalue weighted by Crippen LogP contribution is -2.38. The van der Waals surface area contributed by atoms with Gasteiger partial charge in [-0.2, -0.15) is 8.42 Å². The van der Waals surface area contributed by atoms with E-state index in [-0.39, 0.29) is 5.91 Å². The Labute approximate surface area is 193 Å². The highest BCUT2D eigenvalue weighted by molar-refractivity contribution is 7.86. The maximum atomic E-state index is 11.9. The van der Waals surface area contributed by atoms with Gasteiger partial charge in [-0.15, -0.1) is 0 Å². The fourth-order valence-corrected chi connectivity index (χ4v) is 4.91. The fourth-order valence-electron chi connectivity index (χ4n) is 4.24. The second kappa shape index (κ2) is 20.0. The molecular weight excluding hydrogens is 410 g/mol. The average molecular weight is 462 g/mol. The summed E-state index contributed by atoms with van der Waals surface area (Å²) < 4.78 is 32.0. The third kappa shape index (κ3) is 17.6. The van der Waals surface area contributed by atoms with Crippen LogP contribution in [0.25, 0.3) is 0 Å². The molecule has 0 radical (unpaired) electrons. The van der Waals surface area contributed by atoms with Gasteiger partial charge < -0.3 is 5.32 Å². The molecule has 2 atom stereocenters. The summed E-state index contributed by atoms with van der Waals surface area (Å²) in [7, 11) is -2.69. The molecule has 0 aliphatic heterocycles. The molecule has 5 nitrogen and oxygen atoms in total. The summed E-state index contributed by atoms with van der Waals surface area (Å²) in [6.07, 6.45) is 23.9. The van der Waals surface area contributed by atoms with Gasteiger partial charge in [-0.3, -0.25) is 9.35 Å².